The zero-order chi connectivity index (χ0) is 20.9. The molecule has 0 saturated heterocycles. The lowest BCUT2D eigenvalue weighted by molar-refractivity contribution is -0.138. The Balaban J connectivity index is 2.17. The highest BCUT2D eigenvalue weighted by Gasteiger charge is 2.40. The van der Waals surface area contributed by atoms with Crippen molar-refractivity contribution in [3.05, 3.63) is 84.4 Å². The maximum Gasteiger partial charge on any atom is 0.340 e. The number of carbonyl (C=O) groups is 1. The van der Waals surface area contributed by atoms with Crippen molar-refractivity contribution < 1.29 is 9.53 Å². The van der Waals surface area contributed by atoms with Gasteiger partial charge >= 0.3 is 5.97 Å². The van der Waals surface area contributed by atoms with Gasteiger partial charge in [-0.05, 0) is 31.2 Å². The lowest BCUT2D eigenvalue weighted by Crippen LogP contribution is -2.38. The summed E-state index contributed by atoms with van der Waals surface area (Å²) in [6.45, 7) is 1.72. The van der Waals surface area contributed by atoms with Gasteiger partial charge in [0.1, 0.15) is 17.4 Å². The van der Waals surface area contributed by atoms with Crippen molar-refractivity contribution in [3.8, 4) is 0 Å². The van der Waals surface area contributed by atoms with Gasteiger partial charge < -0.3 is 10.5 Å². The molecular weight excluding hydrogens is 417 g/mol. The van der Waals surface area contributed by atoms with Gasteiger partial charge in [-0.3, -0.25) is 9.59 Å². The Labute approximate surface area is 174 Å². The number of hydrogen-bond donors (Lipinski definition) is 1. The number of esters is 1. The molecule has 1 aliphatic heterocycles. The van der Waals surface area contributed by atoms with Crippen molar-refractivity contribution in [3.63, 3.8) is 0 Å². The van der Waals surface area contributed by atoms with Crippen molar-refractivity contribution in [1.82, 2.24) is 9.36 Å². The number of hydrogen-bond acceptors (Lipinski definition) is 5. The van der Waals surface area contributed by atoms with E-state index in [9.17, 15) is 14.4 Å². The quantitative estimate of drug-likeness (QED) is 0.643. The molecule has 0 radical (unpaired) electrons. The van der Waals surface area contributed by atoms with E-state index in [1.165, 1.54) is 12.1 Å². The number of rotatable bonds is 3. The fraction of sp³-hybridized carbons (Fsp3) is 0.150. The minimum absolute atomic E-state index is 0.0728. The summed E-state index contributed by atoms with van der Waals surface area (Å²) in [6, 6.07) is 10.0. The smallest absolute Gasteiger partial charge is 0.340 e. The second kappa shape index (κ2) is 7.09. The Morgan fingerprint density at radius 2 is 1.62 bits per heavy atom. The Bertz CT molecular complexity index is 1300. The van der Waals surface area contributed by atoms with E-state index in [0.29, 0.717) is 0 Å². The van der Waals surface area contributed by atoms with E-state index in [0.717, 1.165) is 9.36 Å². The van der Waals surface area contributed by atoms with Crippen LogP contribution in [0.4, 0.5) is 0 Å². The van der Waals surface area contributed by atoms with Crippen LogP contribution >= 0.6 is 23.2 Å². The summed E-state index contributed by atoms with van der Waals surface area (Å²) < 4.78 is 7.24. The maximum absolute atomic E-state index is 13.3. The molecule has 0 amide bonds. The topological polar surface area (TPSA) is 96.3 Å². The highest BCUT2D eigenvalue weighted by molar-refractivity contribution is 6.36. The number of fused-ring (bicyclic) bond motifs is 2. The van der Waals surface area contributed by atoms with Crippen molar-refractivity contribution >= 4 is 45.8 Å². The number of benzene rings is 2. The molecule has 2 heterocycles. The van der Waals surface area contributed by atoms with Crippen LogP contribution in [0, 0.1) is 0 Å². The summed E-state index contributed by atoms with van der Waals surface area (Å²) in [4.78, 5) is 39.2. The summed E-state index contributed by atoms with van der Waals surface area (Å²) in [6.07, 6.45) is 0. The molecule has 0 saturated carbocycles. The molecule has 148 valence electrons. The molecule has 1 aromatic heterocycles. The zero-order valence-electron chi connectivity index (χ0n) is 15.2. The molecule has 4 rings (SSSR count). The highest BCUT2D eigenvalue weighted by Crippen LogP contribution is 2.40. The molecule has 0 bridgehead atoms. The number of carbonyl (C=O) groups excluding carboxylic acids is 1. The van der Waals surface area contributed by atoms with Gasteiger partial charge in [-0.2, -0.15) is 4.68 Å². The SMILES string of the molecule is CCOC(=O)C1=C(N)n2c(=O)c3ccccc3c(=O)n2C1c1c(Cl)cccc1Cl. The Kier molecular flexibility index (Phi) is 4.72. The van der Waals surface area contributed by atoms with Gasteiger partial charge in [-0.15, -0.1) is 0 Å². The molecule has 1 unspecified atom stereocenters. The monoisotopic (exact) mass is 431 g/mol. The van der Waals surface area contributed by atoms with Crippen LogP contribution in [-0.2, 0) is 9.53 Å². The average Bonchev–Trinajstić information content (AvgIpc) is 2.99. The van der Waals surface area contributed by atoms with E-state index in [-0.39, 0.29) is 44.4 Å². The Hall–Kier alpha value is -3.03. The summed E-state index contributed by atoms with van der Waals surface area (Å²) >= 11 is 12.8. The highest BCUT2D eigenvalue weighted by atomic mass is 35.5. The molecule has 2 N–H and O–H groups in total. The number of halogens is 2. The van der Waals surface area contributed by atoms with Crippen LogP contribution in [0.5, 0.6) is 0 Å². The van der Waals surface area contributed by atoms with Gasteiger partial charge in [0, 0.05) is 15.6 Å². The van der Waals surface area contributed by atoms with Crippen molar-refractivity contribution in [2.75, 3.05) is 6.61 Å². The minimum Gasteiger partial charge on any atom is -0.462 e. The second-order valence-electron chi connectivity index (χ2n) is 6.37. The van der Waals surface area contributed by atoms with E-state index < -0.39 is 23.1 Å². The van der Waals surface area contributed by atoms with E-state index in [4.69, 9.17) is 33.7 Å². The summed E-state index contributed by atoms with van der Waals surface area (Å²) in [5.74, 6) is -0.956. The van der Waals surface area contributed by atoms with Crippen LogP contribution in [0.1, 0.15) is 18.5 Å². The largest absolute Gasteiger partial charge is 0.462 e. The Morgan fingerprint density at radius 1 is 1.03 bits per heavy atom. The molecule has 0 spiro atoms. The molecule has 7 nitrogen and oxygen atoms in total. The van der Waals surface area contributed by atoms with Crippen molar-refractivity contribution in [2.45, 2.75) is 13.0 Å². The van der Waals surface area contributed by atoms with Crippen LogP contribution in [0.2, 0.25) is 10.0 Å². The third-order valence-electron chi connectivity index (χ3n) is 4.79. The predicted molar refractivity (Wildman–Crippen MR) is 111 cm³/mol. The van der Waals surface area contributed by atoms with Crippen LogP contribution in [0.25, 0.3) is 16.6 Å². The van der Waals surface area contributed by atoms with Crippen LogP contribution in [-0.4, -0.2) is 21.9 Å². The molecule has 0 aliphatic carbocycles. The van der Waals surface area contributed by atoms with Gasteiger partial charge in [0.05, 0.1) is 17.4 Å². The maximum atomic E-state index is 13.3. The van der Waals surface area contributed by atoms with Gasteiger partial charge in [-0.1, -0.05) is 41.4 Å². The molecule has 0 fully saturated rings. The predicted octanol–water partition coefficient (Wildman–Crippen LogP) is 2.76. The number of nitrogens with two attached hydrogens (primary N) is 1. The molecular formula is C20H15Cl2N3O4. The standard InChI is InChI=1S/C20H15Cl2N3O4/c1-2-29-20(28)15-16(14-12(21)8-5-9-13(14)22)24-18(26)10-6-3-4-7-11(10)19(27)25(24)17(15)23/h3-9,16H,2,23H2,1H3. The number of aromatic nitrogens is 2. The van der Waals surface area contributed by atoms with E-state index >= 15 is 0 Å². The third kappa shape index (κ3) is 2.77. The molecule has 1 aliphatic rings. The van der Waals surface area contributed by atoms with Gasteiger partial charge in [0.2, 0.25) is 0 Å². The van der Waals surface area contributed by atoms with Gasteiger partial charge in [0.25, 0.3) is 11.1 Å². The van der Waals surface area contributed by atoms with Crippen LogP contribution in [0.3, 0.4) is 0 Å². The first kappa shape index (κ1) is 19.3. The molecule has 2 aromatic carbocycles. The molecule has 1 atom stereocenters. The zero-order valence-corrected chi connectivity index (χ0v) is 16.7. The minimum atomic E-state index is -1.11. The van der Waals surface area contributed by atoms with Crippen LogP contribution < -0.4 is 16.9 Å². The lowest BCUT2D eigenvalue weighted by Gasteiger charge is -2.20. The van der Waals surface area contributed by atoms with Crippen molar-refractivity contribution in [2.24, 2.45) is 5.73 Å². The third-order valence-corrected chi connectivity index (χ3v) is 5.45. The molecule has 9 heteroatoms. The normalized spacial score (nSPS) is 15.6. The lowest BCUT2D eigenvalue weighted by atomic mass is 9.99. The van der Waals surface area contributed by atoms with E-state index in [2.05, 4.69) is 0 Å². The summed E-state index contributed by atoms with van der Waals surface area (Å²) in [5, 5.41) is 0.821. The van der Waals surface area contributed by atoms with Crippen LogP contribution in [0.15, 0.2) is 57.6 Å². The average molecular weight is 432 g/mol. The first-order chi connectivity index (χ1) is 13.9. The number of ether oxygens (including phenoxy) is 1. The first-order valence-electron chi connectivity index (χ1n) is 8.76. The van der Waals surface area contributed by atoms with E-state index in [1.807, 2.05) is 0 Å². The molecule has 3 aromatic rings. The van der Waals surface area contributed by atoms with Gasteiger partial charge in [-0.25, -0.2) is 9.48 Å². The van der Waals surface area contributed by atoms with E-state index in [1.54, 1.807) is 37.3 Å². The fourth-order valence-electron chi connectivity index (χ4n) is 3.58. The first-order valence-corrected chi connectivity index (χ1v) is 9.51. The summed E-state index contributed by atoms with van der Waals surface area (Å²) in [5.41, 5.74) is 5.37. The number of nitrogens with zero attached hydrogens (tertiary/aromatic N) is 2. The summed E-state index contributed by atoms with van der Waals surface area (Å²) in [7, 11) is 0. The van der Waals surface area contributed by atoms with Crippen molar-refractivity contribution in [1.29, 1.82) is 0 Å². The Morgan fingerprint density at radius 3 is 2.21 bits per heavy atom. The van der Waals surface area contributed by atoms with Gasteiger partial charge in [0.15, 0.2) is 0 Å². The molecule has 29 heavy (non-hydrogen) atoms. The fourth-order valence-corrected chi connectivity index (χ4v) is 4.18. The second-order valence-corrected chi connectivity index (χ2v) is 7.18.